The first kappa shape index (κ1) is 25.3. The van der Waals surface area contributed by atoms with Crippen LogP contribution in [0.5, 0.6) is 0 Å². The van der Waals surface area contributed by atoms with Crippen molar-refractivity contribution >= 4 is 37.5 Å². The lowest BCUT2D eigenvalue weighted by molar-refractivity contribution is 0.0998. The summed E-state index contributed by atoms with van der Waals surface area (Å²) in [5, 5.41) is 0. The molecule has 0 aliphatic rings. The van der Waals surface area contributed by atoms with Gasteiger partial charge < -0.3 is 14.0 Å². The molecule has 0 saturated carbocycles. The van der Waals surface area contributed by atoms with E-state index in [1.54, 1.807) is 0 Å². The van der Waals surface area contributed by atoms with Gasteiger partial charge >= 0.3 is 0 Å². The normalized spacial score (nSPS) is 12.7. The fourth-order valence-electron chi connectivity index (χ4n) is 3.48. The lowest BCUT2D eigenvalue weighted by Gasteiger charge is -2.21. The molecular formula is C23H29N3O5S2. The molecule has 2 aromatic carbocycles. The van der Waals surface area contributed by atoms with Crippen LogP contribution in [0.4, 0.5) is 0 Å². The zero-order valence-corrected chi connectivity index (χ0v) is 20.9. The first-order valence-electron chi connectivity index (χ1n) is 10.6. The summed E-state index contributed by atoms with van der Waals surface area (Å²) in [7, 11) is 1.18. The number of ether oxygens (including phenoxy) is 2. The van der Waals surface area contributed by atoms with Gasteiger partial charge in [-0.2, -0.15) is 9.30 Å². The van der Waals surface area contributed by atoms with Gasteiger partial charge in [-0.25, -0.2) is 8.42 Å². The Bertz CT molecular complexity index is 1270. The van der Waals surface area contributed by atoms with Crippen LogP contribution < -0.4 is 4.80 Å². The smallest absolute Gasteiger partial charge is 0.279 e. The molecule has 0 aliphatic carbocycles. The van der Waals surface area contributed by atoms with E-state index in [-0.39, 0.29) is 31.2 Å². The topological polar surface area (TPSA) is 90.2 Å². The summed E-state index contributed by atoms with van der Waals surface area (Å²) in [4.78, 5) is 17.8. The van der Waals surface area contributed by atoms with Crippen molar-refractivity contribution < 1.29 is 22.7 Å². The number of hydrogen-bond acceptors (Lipinski definition) is 6. The fourth-order valence-corrected chi connectivity index (χ4v) is 5.96. The molecular weight excluding hydrogens is 462 g/mol. The van der Waals surface area contributed by atoms with E-state index in [9.17, 15) is 13.2 Å². The molecule has 0 bridgehead atoms. The van der Waals surface area contributed by atoms with Gasteiger partial charge in [-0.1, -0.05) is 30.4 Å². The van der Waals surface area contributed by atoms with Crippen molar-refractivity contribution in [3.05, 3.63) is 58.4 Å². The van der Waals surface area contributed by atoms with Crippen molar-refractivity contribution in [1.82, 2.24) is 8.87 Å². The molecule has 33 heavy (non-hydrogen) atoms. The number of thiazole rings is 1. The molecule has 0 fully saturated rings. The summed E-state index contributed by atoms with van der Waals surface area (Å²) in [6.07, 6.45) is 0.886. The van der Waals surface area contributed by atoms with Crippen LogP contribution in [0.2, 0.25) is 0 Å². The fraction of sp³-hybridized carbons (Fsp3) is 0.391. The Labute approximate surface area is 198 Å². The molecule has 1 amide bonds. The second-order valence-electron chi connectivity index (χ2n) is 7.39. The van der Waals surface area contributed by atoms with E-state index in [2.05, 4.69) is 18.0 Å². The van der Waals surface area contributed by atoms with E-state index in [0.29, 0.717) is 10.4 Å². The molecule has 0 N–H and O–H groups in total. The standard InChI is InChI=1S/C23H29N3O5S2/c1-5-17-7-6-8-20-21(17)25(2)23(32-20)24-22(27)18-9-11-19(12-10-18)33(28,29)26(13-15-30-3)14-16-31-4/h6-12H,5,13-16H2,1-4H3. The van der Waals surface area contributed by atoms with Crippen molar-refractivity contribution in [2.24, 2.45) is 12.0 Å². The predicted octanol–water partition coefficient (Wildman–Crippen LogP) is 2.83. The molecule has 178 valence electrons. The van der Waals surface area contributed by atoms with Gasteiger partial charge in [-0.3, -0.25) is 4.79 Å². The van der Waals surface area contributed by atoms with Gasteiger partial charge in [0, 0.05) is 39.9 Å². The maximum atomic E-state index is 13.0. The number of carbonyl (C=O) groups excluding carboxylic acids is 1. The highest BCUT2D eigenvalue weighted by molar-refractivity contribution is 7.89. The van der Waals surface area contributed by atoms with Gasteiger partial charge in [0.2, 0.25) is 10.0 Å². The second-order valence-corrected chi connectivity index (χ2v) is 10.3. The number of nitrogens with zero attached hydrogens (tertiary/aromatic N) is 3. The van der Waals surface area contributed by atoms with Crippen LogP contribution in [-0.4, -0.2) is 63.7 Å². The Kier molecular flexibility index (Phi) is 8.55. The SMILES string of the molecule is CCc1cccc2sc(=NC(=O)c3ccc(S(=O)(=O)N(CCOC)CCOC)cc3)n(C)c12. The first-order valence-corrected chi connectivity index (χ1v) is 12.8. The number of para-hydroxylation sites is 1. The number of fused-ring (bicyclic) bond motifs is 1. The molecule has 0 spiro atoms. The molecule has 0 aliphatic heterocycles. The zero-order valence-electron chi connectivity index (χ0n) is 19.3. The second kappa shape index (κ2) is 11.2. The Morgan fingerprint density at radius 1 is 1.06 bits per heavy atom. The number of carbonyl (C=O) groups is 1. The van der Waals surface area contributed by atoms with Crippen molar-refractivity contribution in [1.29, 1.82) is 0 Å². The van der Waals surface area contributed by atoms with E-state index in [4.69, 9.17) is 9.47 Å². The molecule has 0 unspecified atom stereocenters. The summed E-state index contributed by atoms with van der Waals surface area (Å²) in [6.45, 7) is 3.05. The van der Waals surface area contributed by atoms with Gasteiger partial charge in [-0.05, 0) is 42.3 Å². The summed E-state index contributed by atoms with van der Waals surface area (Å²) < 4.78 is 40.4. The van der Waals surface area contributed by atoms with Crippen molar-refractivity contribution in [2.45, 2.75) is 18.2 Å². The lowest BCUT2D eigenvalue weighted by Crippen LogP contribution is -2.36. The van der Waals surface area contributed by atoms with Crippen LogP contribution in [0.3, 0.4) is 0 Å². The first-order chi connectivity index (χ1) is 15.8. The Balaban J connectivity index is 1.88. The van der Waals surface area contributed by atoms with E-state index in [1.165, 1.54) is 59.7 Å². The van der Waals surface area contributed by atoms with Crippen LogP contribution in [0.25, 0.3) is 10.2 Å². The Morgan fingerprint density at radius 2 is 1.70 bits per heavy atom. The van der Waals surface area contributed by atoms with Gasteiger partial charge in [0.05, 0.1) is 28.3 Å². The van der Waals surface area contributed by atoms with Gasteiger partial charge in [0.15, 0.2) is 4.80 Å². The predicted molar refractivity (Wildman–Crippen MR) is 129 cm³/mol. The minimum Gasteiger partial charge on any atom is -0.383 e. The van der Waals surface area contributed by atoms with Crippen LogP contribution >= 0.6 is 11.3 Å². The molecule has 3 aromatic rings. The number of sulfonamides is 1. The lowest BCUT2D eigenvalue weighted by atomic mass is 10.1. The van der Waals surface area contributed by atoms with E-state index < -0.39 is 15.9 Å². The van der Waals surface area contributed by atoms with Gasteiger partial charge in [0.25, 0.3) is 5.91 Å². The minimum absolute atomic E-state index is 0.103. The number of rotatable bonds is 10. The van der Waals surface area contributed by atoms with Crippen molar-refractivity contribution in [3.63, 3.8) is 0 Å². The third-order valence-corrected chi connectivity index (χ3v) is 8.32. The molecule has 1 heterocycles. The number of benzene rings is 2. The van der Waals surface area contributed by atoms with Crippen LogP contribution in [-0.2, 0) is 33.0 Å². The molecule has 0 saturated heterocycles. The van der Waals surface area contributed by atoms with Crippen molar-refractivity contribution in [3.8, 4) is 0 Å². The third-order valence-electron chi connectivity index (χ3n) is 5.31. The Morgan fingerprint density at radius 3 is 2.27 bits per heavy atom. The summed E-state index contributed by atoms with van der Waals surface area (Å²) in [5.74, 6) is -0.422. The maximum Gasteiger partial charge on any atom is 0.279 e. The summed E-state index contributed by atoms with van der Waals surface area (Å²) in [5.41, 5.74) is 2.59. The number of aryl methyl sites for hydroxylation is 2. The van der Waals surface area contributed by atoms with Crippen LogP contribution in [0.1, 0.15) is 22.8 Å². The number of hydrogen-bond donors (Lipinski definition) is 0. The van der Waals surface area contributed by atoms with Gasteiger partial charge in [0.1, 0.15) is 0 Å². The highest BCUT2D eigenvalue weighted by atomic mass is 32.2. The largest absolute Gasteiger partial charge is 0.383 e. The monoisotopic (exact) mass is 491 g/mol. The van der Waals surface area contributed by atoms with E-state index >= 15 is 0 Å². The molecule has 0 atom stereocenters. The minimum atomic E-state index is -3.75. The third kappa shape index (κ3) is 5.59. The van der Waals surface area contributed by atoms with Crippen molar-refractivity contribution in [2.75, 3.05) is 40.5 Å². The average Bonchev–Trinajstić information content (AvgIpc) is 3.14. The molecule has 8 nitrogen and oxygen atoms in total. The van der Waals surface area contributed by atoms with Crippen LogP contribution in [0.15, 0.2) is 52.4 Å². The highest BCUT2D eigenvalue weighted by Crippen LogP contribution is 2.21. The maximum absolute atomic E-state index is 13.0. The zero-order chi connectivity index (χ0) is 24.0. The number of aromatic nitrogens is 1. The van der Waals surface area contributed by atoms with Gasteiger partial charge in [-0.15, -0.1) is 0 Å². The molecule has 10 heteroatoms. The number of methoxy groups -OCH3 is 2. The quantitative estimate of drug-likeness (QED) is 0.435. The Hall–Kier alpha value is -2.37. The number of amides is 1. The summed E-state index contributed by atoms with van der Waals surface area (Å²) >= 11 is 1.45. The average molecular weight is 492 g/mol. The van der Waals surface area contributed by atoms with E-state index in [0.717, 1.165) is 16.6 Å². The van der Waals surface area contributed by atoms with E-state index in [1.807, 2.05) is 23.7 Å². The molecule has 1 aromatic heterocycles. The molecule has 3 rings (SSSR count). The highest BCUT2D eigenvalue weighted by Gasteiger charge is 2.24. The van der Waals surface area contributed by atoms with Crippen LogP contribution in [0, 0.1) is 0 Å². The summed E-state index contributed by atoms with van der Waals surface area (Å²) in [6, 6.07) is 12.0. The molecule has 0 radical (unpaired) electrons.